The minimum absolute atomic E-state index is 0.615. The fourth-order valence-electron chi connectivity index (χ4n) is 0.931. The number of rotatable bonds is 3. The largest absolute Gasteiger partial charge is 0.396 e. The Balaban J connectivity index is 2.70. The van der Waals surface area contributed by atoms with Gasteiger partial charge in [0.25, 0.3) is 0 Å². The Labute approximate surface area is 72.6 Å². The van der Waals surface area contributed by atoms with Gasteiger partial charge in [-0.3, -0.25) is 0 Å². The number of aromatic nitrogens is 1. The van der Waals surface area contributed by atoms with E-state index in [0.717, 1.165) is 11.3 Å². The van der Waals surface area contributed by atoms with Gasteiger partial charge in [0.1, 0.15) is 6.61 Å². The van der Waals surface area contributed by atoms with E-state index in [9.17, 15) is 0 Å². The van der Waals surface area contributed by atoms with Gasteiger partial charge in [-0.1, -0.05) is 5.16 Å². The lowest BCUT2D eigenvalue weighted by Gasteiger charge is -1.96. The summed E-state index contributed by atoms with van der Waals surface area (Å²) in [6, 6.07) is 2.01. The molecule has 0 aliphatic rings. The van der Waals surface area contributed by atoms with Crippen LogP contribution in [-0.2, 0) is 11.9 Å². The molecule has 1 aromatic heterocycles. The number of oxime groups is 1. The third-order valence-electron chi connectivity index (χ3n) is 1.58. The van der Waals surface area contributed by atoms with Gasteiger partial charge in [-0.2, -0.15) is 0 Å². The highest BCUT2D eigenvalue weighted by Crippen LogP contribution is 2.01. The van der Waals surface area contributed by atoms with E-state index < -0.39 is 0 Å². The Morgan fingerprint density at radius 1 is 1.67 bits per heavy atom. The first-order valence-electron chi connectivity index (χ1n) is 4.03. The number of hydrogen-bond donors (Lipinski definition) is 0. The smallest absolute Gasteiger partial charge is 0.114 e. The highest BCUT2D eigenvalue weighted by atomic mass is 16.6. The molecule has 1 rings (SSSR count). The Kier molecular flexibility index (Phi) is 2.91. The summed E-state index contributed by atoms with van der Waals surface area (Å²) in [6.45, 7) is 4.47. The molecule has 1 heterocycles. The van der Waals surface area contributed by atoms with Gasteiger partial charge in [0.2, 0.25) is 0 Å². The SMILES string of the molecule is CCON=C(C)c1ccn(C)c1. The Morgan fingerprint density at radius 2 is 2.42 bits per heavy atom. The highest BCUT2D eigenvalue weighted by molar-refractivity contribution is 5.98. The first-order chi connectivity index (χ1) is 5.74. The molecule has 66 valence electrons. The molecule has 0 aliphatic carbocycles. The van der Waals surface area contributed by atoms with E-state index in [2.05, 4.69) is 5.16 Å². The summed E-state index contributed by atoms with van der Waals surface area (Å²) in [7, 11) is 1.98. The van der Waals surface area contributed by atoms with Crippen molar-refractivity contribution >= 4 is 5.71 Å². The molecule has 0 fully saturated rings. The van der Waals surface area contributed by atoms with Gasteiger partial charge < -0.3 is 9.40 Å². The quantitative estimate of drug-likeness (QED) is 0.496. The van der Waals surface area contributed by atoms with Crippen LogP contribution in [0, 0.1) is 0 Å². The molecule has 0 unspecified atom stereocenters. The van der Waals surface area contributed by atoms with E-state index in [0.29, 0.717) is 6.61 Å². The fourth-order valence-corrected chi connectivity index (χ4v) is 0.931. The third kappa shape index (κ3) is 2.12. The first kappa shape index (κ1) is 8.84. The summed E-state index contributed by atoms with van der Waals surface area (Å²) in [5, 5.41) is 3.93. The van der Waals surface area contributed by atoms with Crippen LogP contribution in [0.15, 0.2) is 23.6 Å². The molecular formula is C9H14N2O. The maximum absolute atomic E-state index is 4.94. The zero-order valence-electron chi connectivity index (χ0n) is 7.74. The van der Waals surface area contributed by atoms with Gasteiger partial charge in [-0.15, -0.1) is 0 Å². The minimum atomic E-state index is 0.615. The highest BCUT2D eigenvalue weighted by Gasteiger charge is 1.97. The van der Waals surface area contributed by atoms with Gasteiger partial charge in [0.15, 0.2) is 0 Å². The molecule has 1 aromatic rings. The van der Waals surface area contributed by atoms with Crippen LogP contribution < -0.4 is 0 Å². The topological polar surface area (TPSA) is 26.5 Å². The maximum atomic E-state index is 4.94. The van der Waals surface area contributed by atoms with Crippen molar-refractivity contribution in [2.45, 2.75) is 13.8 Å². The van der Waals surface area contributed by atoms with Crippen LogP contribution in [0.2, 0.25) is 0 Å². The monoisotopic (exact) mass is 166 g/mol. The average molecular weight is 166 g/mol. The van der Waals surface area contributed by atoms with E-state index >= 15 is 0 Å². The Hall–Kier alpha value is -1.25. The molecule has 0 aromatic carbocycles. The molecule has 0 N–H and O–H groups in total. The maximum Gasteiger partial charge on any atom is 0.114 e. The summed E-state index contributed by atoms with van der Waals surface area (Å²) in [5.41, 5.74) is 2.02. The van der Waals surface area contributed by atoms with Gasteiger partial charge in [-0.25, -0.2) is 0 Å². The molecule has 0 spiro atoms. The molecular weight excluding hydrogens is 152 g/mol. The van der Waals surface area contributed by atoms with Crippen molar-refractivity contribution in [2.75, 3.05) is 6.61 Å². The van der Waals surface area contributed by atoms with E-state index in [4.69, 9.17) is 4.84 Å². The lowest BCUT2D eigenvalue weighted by atomic mass is 10.2. The van der Waals surface area contributed by atoms with Crippen LogP contribution in [-0.4, -0.2) is 16.9 Å². The summed E-state index contributed by atoms with van der Waals surface area (Å²) < 4.78 is 1.99. The van der Waals surface area contributed by atoms with Gasteiger partial charge in [0, 0.05) is 25.0 Å². The molecule has 3 heteroatoms. The van der Waals surface area contributed by atoms with Crippen molar-refractivity contribution in [1.29, 1.82) is 0 Å². The third-order valence-corrected chi connectivity index (χ3v) is 1.58. The van der Waals surface area contributed by atoms with Crippen molar-refractivity contribution in [1.82, 2.24) is 4.57 Å². The van der Waals surface area contributed by atoms with Crippen molar-refractivity contribution in [3.63, 3.8) is 0 Å². The average Bonchev–Trinajstić information content (AvgIpc) is 2.47. The second kappa shape index (κ2) is 3.95. The molecule has 0 bridgehead atoms. The molecule has 12 heavy (non-hydrogen) atoms. The van der Waals surface area contributed by atoms with Crippen molar-refractivity contribution in [3.05, 3.63) is 24.0 Å². The van der Waals surface area contributed by atoms with E-state index in [1.807, 2.05) is 43.9 Å². The van der Waals surface area contributed by atoms with Crippen LogP contribution in [0.5, 0.6) is 0 Å². The van der Waals surface area contributed by atoms with E-state index in [1.54, 1.807) is 0 Å². The minimum Gasteiger partial charge on any atom is -0.396 e. The molecule has 3 nitrogen and oxygen atoms in total. The van der Waals surface area contributed by atoms with Crippen molar-refractivity contribution in [2.24, 2.45) is 12.2 Å². The van der Waals surface area contributed by atoms with Crippen LogP contribution in [0.3, 0.4) is 0 Å². The summed E-state index contributed by atoms with van der Waals surface area (Å²) >= 11 is 0. The van der Waals surface area contributed by atoms with Crippen LogP contribution in [0.1, 0.15) is 19.4 Å². The standard InChI is InChI=1S/C9H14N2O/c1-4-12-10-8(2)9-5-6-11(3)7-9/h5-7H,4H2,1-3H3. The molecule has 0 saturated heterocycles. The predicted octanol–water partition coefficient (Wildman–Crippen LogP) is 1.79. The second-order valence-corrected chi connectivity index (χ2v) is 2.66. The zero-order valence-corrected chi connectivity index (χ0v) is 7.74. The zero-order chi connectivity index (χ0) is 8.97. The predicted molar refractivity (Wildman–Crippen MR) is 49.3 cm³/mol. The first-order valence-corrected chi connectivity index (χ1v) is 4.03. The molecule has 0 aliphatic heterocycles. The van der Waals surface area contributed by atoms with E-state index in [-0.39, 0.29) is 0 Å². The van der Waals surface area contributed by atoms with Gasteiger partial charge in [0.05, 0.1) is 5.71 Å². The van der Waals surface area contributed by atoms with Crippen LogP contribution in [0.4, 0.5) is 0 Å². The Morgan fingerprint density at radius 3 is 2.92 bits per heavy atom. The van der Waals surface area contributed by atoms with E-state index in [1.165, 1.54) is 0 Å². The van der Waals surface area contributed by atoms with Crippen molar-refractivity contribution in [3.8, 4) is 0 Å². The number of nitrogens with zero attached hydrogens (tertiary/aromatic N) is 2. The molecule has 0 atom stereocenters. The summed E-state index contributed by atoms with van der Waals surface area (Å²) in [4.78, 5) is 4.94. The normalized spacial score (nSPS) is 11.8. The summed E-state index contributed by atoms with van der Waals surface area (Å²) in [5.74, 6) is 0. The number of hydrogen-bond acceptors (Lipinski definition) is 2. The van der Waals surface area contributed by atoms with Gasteiger partial charge in [-0.05, 0) is 19.9 Å². The summed E-state index contributed by atoms with van der Waals surface area (Å²) in [6.07, 6.45) is 4.00. The van der Waals surface area contributed by atoms with Crippen LogP contribution in [0.25, 0.3) is 0 Å². The Bertz CT molecular complexity index is 276. The second-order valence-electron chi connectivity index (χ2n) is 2.66. The lowest BCUT2D eigenvalue weighted by molar-refractivity contribution is 0.159. The fraction of sp³-hybridized carbons (Fsp3) is 0.444. The lowest BCUT2D eigenvalue weighted by Crippen LogP contribution is -1.94. The number of aryl methyl sites for hydroxylation is 1. The van der Waals surface area contributed by atoms with Crippen LogP contribution >= 0.6 is 0 Å². The molecule has 0 amide bonds. The molecule has 0 saturated carbocycles. The van der Waals surface area contributed by atoms with Gasteiger partial charge >= 0.3 is 0 Å². The van der Waals surface area contributed by atoms with Crippen molar-refractivity contribution < 1.29 is 4.84 Å². The molecule has 0 radical (unpaired) electrons.